The van der Waals surface area contributed by atoms with Crippen molar-refractivity contribution in [2.45, 2.75) is 13.0 Å². The number of methoxy groups -OCH3 is 2. The zero-order chi connectivity index (χ0) is 20.2. The van der Waals surface area contributed by atoms with Crippen LogP contribution >= 0.6 is 12.4 Å². The van der Waals surface area contributed by atoms with Crippen molar-refractivity contribution < 1.29 is 9.47 Å². The number of fused-ring (bicyclic) bond motifs is 1. The number of hydrogen-bond acceptors (Lipinski definition) is 8. The van der Waals surface area contributed by atoms with Gasteiger partial charge in [-0.3, -0.25) is 0 Å². The van der Waals surface area contributed by atoms with Crippen LogP contribution in [0.15, 0.2) is 36.4 Å². The first kappa shape index (κ1) is 21.9. The van der Waals surface area contributed by atoms with E-state index in [4.69, 9.17) is 9.47 Å². The molecule has 0 aliphatic carbocycles. The summed E-state index contributed by atoms with van der Waals surface area (Å²) in [4.78, 5) is 2.37. The molecular weight excluding hydrogens is 404 g/mol. The van der Waals surface area contributed by atoms with E-state index in [0.717, 1.165) is 42.6 Å². The number of hydrogen-bond donors (Lipinski definition) is 2. The molecule has 1 saturated heterocycles. The highest BCUT2D eigenvalue weighted by atomic mass is 35.5. The van der Waals surface area contributed by atoms with E-state index >= 15 is 0 Å². The Balaban J connectivity index is 0.00000256. The average Bonchev–Trinajstić information content (AvgIpc) is 2.79. The molecule has 0 unspecified atom stereocenters. The van der Waals surface area contributed by atoms with Crippen LogP contribution in [-0.4, -0.2) is 55.8 Å². The van der Waals surface area contributed by atoms with Gasteiger partial charge >= 0.3 is 0 Å². The van der Waals surface area contributed by atoms with E-state index in [1.165, 1.54) is 5.69 Å². The topological polar surface area (TPSA) is 84.4 Å². The van der Waals surface area contributed by atoms with Gasteiger partial charge in [-0.25, -0.2) is 0 Å². The minimum Gasteiger partial charge on any atom is -0.493 e. The second-order valence-corrected chi connectivity index (χ2v) is 7.06. The van der Waals surface area contributed by atoms with Crippen molar-refractivity contribution in [2.24, 2.45) is 0 Å². The third-order valence-electron chi connectivity index (χ3n) is 5.28. The van der Waals surface area contributed by atoms with E-state index in [1.54, 1.807) is 14.2 Å². The minimum atomic E-state index is -0.00227. The molecule has 1 aliphatic rings. The van der Waals surface area contributed by atoms with E-state index in [9.17, 15) is 0 Å². The van der Waals surface area contributed by atoms with Crippen molar-refractivity contribution in [2.75, 3.05) is 50.6 Å². The highest BCUT2D eigenvalue weighted by molar-refractivity contribution is 5.91. The fourth-order valence-corrected chi connectivity index (χ4v) is 3.61. The molecule has 0 saturated carbocycles. The number of piperazine rings is 1. The van der Waals surface area contributed by atoms with Crippen LogP contribution in [0.1, 0.15) is 18.5 Å². The Labute approximate surface area is 182 Å². The van der Waals surface area contributed by atoms with Gasteiger partial charge in [0.15, 0.2) is 17.3 Å². The van der Waals surface area contributed by atoms with Crippen LogP contribution in [0.25, 0.3) is 10.9 Å². The van der Waals surface area contributed by atoms with Gasteiger partial charge in [-0.2, -0.15) is 0 Å². The number of aromatic nitrogens is 3. The summed E-state index contributed by atoms with van der Waals surface area (Å²) in [6, 6.07) is 12.1. The van der Waals surface area contributed by atoms with Gasteiger partial charge in [0.2, 0.25) is 0 Å². The molecule has 0 radical (unpaired) electrons. The van der Waals surface area contributed by atoms with Gasteiger partial charge in [-0.05, 0) is 48.0 Å². The first-order valence-electron chi connectivity index (χ1n) is 9.77. The van der Waals surface area contributed by atoms with Crippen molar-refractivity contribution in [3.05, 3.63) is 42.0 Å². The summed E-state index contributed by atoms with van der Waals surface area (Å²) in [6.45, 7) is 6.04. The Morgan fingerprint density at radius 3 is 2.50 bits per heavy atom. The van der Waals surface area contributed by atoms with Crippen molar-refractivity contribution >= 4 is 34.8 Å². The maximum atomic E-state index is 5.43. The Kier molecular flexibility index (Phi) is 7.12. The molecule has 1 atom stereocenters. The maximum absolute atomic E-state index is 5.43. The number of benzene rings is 2. The van der Waals surface area contributed by atoms with Crippen molar-refractivity contribution in [3.63, 3.8) is 0 Å². The van der Waals surface area contributed by atoms with Crippen LogP contribution in [0.3, 0.4) is 0 Å². The summed E-state index contributed by atoms with van der Waals surface area (Å²) in [5.41, 5.74) is 3.06. The SMILES string of the molecule is COc1ccc([C@@H](C)Nc2nnnc3ccc(N4CCNCC4)cc23)cc1OC.Cl. The molecule has 30 heavy (non-hydrogen) atoms. The van der Waals surface area contributed by atoms with E-state index in [-0.39, 0.29) is 18.4 Å². The van der Waals surface area contributed by atoms with E-state index in [1.807, 2.05) is 24.3 Å². The molecule has 1 aromatic heterocycles. The highest BCUT2D eigenvalue weighted by Gasteiger charge is 2.15. The number of rotatable bonds is 6. The number of nitrogens with one attached hydrogen (secondary N) is 2. The summed E-state index contributed by atoms with van der Waals surface area (Å²) in [6.07, 6.45) is 0. The molecule has 9 heteroatoms. The van der Waals surface area contributed by atoms with Gasteiger partial charge in [-0.1, -0.05) is 6.07 Å². The second kappa shape index (κ2) is 9.77. The first-order chi connectivity index (χ1) is 14.2. The van der Waals surface area contributed by atoms with E-state index < -0.39 is 0 Å². The summed E-state index contributed by atoms with van der Waals surface area (Å²) in [5.74, 6) is 2.12. The standard InChI is InChI=1S/C21H26N6O2.ClH/c1-14(15-4-7-19(28-2)20(12-15)29-3)23-21-17-13-16(27-10-8-22-9-11-27)5-6-18(17)24-26-25-21;/h4-7,12-14,22H,8-11H2,1-3H3,(H,23,24,25);1H/t14-;/m1./s1. The number of nitrogens with zero attached hydrogens (tertiary/aromatic N) is 4. The lowest BCUT2D eigenvalue weighted by atomic mass is 10.1. The molecule has 3 aromatic rings. The molecule has 1 aliphatic heterocycles. The molecule has 4 rings (SSSR count). The van der Waals surface area contributed by atoms with E-state index in [0.29, 0.717) is 17.3 Å². The Hall–Kier alpha value is -2.84. The van der Waals surface area contributed by atoms with Crippen LogP contribution in [-0.2, 0) is 0 Å². The normalized spacial score (nSPS) is 14.7. The largest absolute Gasteiger partial charge is 0.493 e. The van der Waals surface area contributed by atoms with Gasteiger partial charge in [0, 0.05) is 37.3 Å². The maximum Gasteiger partial charge on any atom is 0.161 e. The van der Waals surface area contributed by atoms with Crippen molar-refractivity contribution in [1.82, 2.24) is 20.7 Å². The third-order valence-corrected chi connectivity index (χ3v) is 5.28. The average molecular weight is 431 g/mol. The van der Waals surface area contributed by atoms with Crippen LogP contribution < -0.4 is 25.0 Å². The second-order valence-electron chi connectivity index (χ2n) is 7.06. The lowest BCUT2D eigenvalue weighted by Gasteiger charge is -2.29. The van der Waals surface area contributed by atoms with Crippen LogP contribution in [0.4, 0.5) is 11.5 Å². The van der Waals surface area contributed by atoms with Gasteiger partial charge in [0.05, 0.1) is 25.8 Å². The molecule has 0 bridgehead atoms. The third kappa shape index (κ3) is 4.49. The molecule has 0 amide bonds. The fraction of sp³-hybridized carbons (Fsp3) is 0.381. The van der Waals surface area contributed by atoms with Gasteiger partial charge in [0.1, 0.15) is 0 Å². The van der Waals surface area contributed by atoms with Crippen LogP contribution in [0.5, 0.6) is 11.5 Å². The highest BCUT2D eigenvalue weighted by Crippen LogP contribution is 2.32. The first-order valence-corrected chi connectivity index (χ1v) is 9.77. The number of anilines is 2. The summed E-state index contributed by atoms with van der Waals surface area (Å²) in [5, 5.41) is 20.2. The molecule has 2 N–H and O–H groups in total. The van der Waals surface area contributed by atoms with Crippen molar-refractivity contribution in [3.8, 4) is 11.5 Å². The van der Waals surface area contributed by atoms with Crippen LogP contribution in [0, 0.1) is 0 Å². The quantitative estimate of drug-likeness (QED) is 0.617. The summed E-state index contributed by atoms with van der Waals surface area (Å²) in [7, 11) is 3.27. The lowest BCUT2D eigenvalue weighted by molar-refractivity contribution is 0.354. The molecule has 160 valence electrons. The summed E-state index contributed by atoms with van der Waals surface area (Å²) < 4.78 is 10.8. The van der Waals surface area contributed by atoms with Crippen molar-refractivity contribution in [1.29, 1.82) is 0 Å². The zero-order valence-corrected chi connectivity index (χ0v) is 18.2. The Morgan fingerprint density at radius 1 is 1.00 bits per heavy atom. The number of ether oxygens (including phenoxy) is 2. The predicted molar refractivity (Wildman–Crippen MR) is 121 cm³/mol. The zero-order valence-electron chi connectivity index (χ0n) is 17.4. The van der Waals surface area contributed by atoms with Gasteiger partial charge in [-0.15, -0.1) is 22.6 Å². The Morgan fingerprint density at radius 2 is 1.77 bits per heavy atom. The van der Waals surface area contributed by atoms with Gasteiger partial charge in [0.25, 0.3) is 0 Å². The number of halogens is 1. The molecular formula is C21H27ClN6O2. The summed E-state index contributed by atoms with van der Waals surface area (Å²) >= 11 is 0. The Bertz CT molecular complexity index is 996. The molecule has 2 heterocycles. The molecule has 0 spiro atoms. The molecule has 2 aromatic carbocycles. The fourth-order valence-electron chi connectivity index (χ4n) is 3.61. The molecule has 8 nitrogen and oxygen atoms in total. The van der Waals surface area contributed by atoms with Crippen LogP contribution in [0.2, 0.25) is 0 Å². The van der Waals surface area contributed by atoms with Gasteiger partial charge < -0.3 is 25.0 Å². The predicted octanol–water partition coefficient (Wildman–Crippen LogP) is 3.05. The van der Waals surface area contributed by atoms with E-state index in [2.05, 4.69) is 50.0 Å². The molecule has 1 fully saturated rings. The smallest absolute Gasteiger partial charge is 0.161 e. The minimum absolute atomic E-state index is 0. The lowest BCUT2D eigenvalue weighted by Crippen LogP contribution is -2.43. The monoisotopic (exact) mass is 430 g/mol.